The van der Waals surface area contributed by atoms with Crippen molar-refractivity contribution >= 4 is 23.6 Å². The van der Waals surface area contributed by atoms with Crippen LogP contribution in [0.2, 0.25) is 0 Å². The summed E-state index contributed by atoms with van der Waals surface area (Å²) in [5.74, 6) is -0.668. The molecule has 4 N–H and O–H groups in total. The monoisotopic (exact) mass is 417 g/mol. The second-order valence-electron chi connectivity index (χ2n) is 9.39. The molecule has 0 unspecified atom stereocenters. The highest BCUT2D eigenvalue weighted by molar-refractivity contribution is 6.00. The lowest BCUT2D eigenvalue weighted by atomic mass is 9.83. The van der Waals surface area contributed by atoms with Gasteiger partial charge in [0.05, 0.1) is 16.7 Å². The Morgan fingerprint density at radius 3 is 2.37 bits per heavy atom. The molecule has 0 spiro atoms. The van der Waals surface area contributed by atoms with Gasteiger partial charge in [-0.15, -0.1) is 0 Å². The van der Waals surface area contributed by atoms with Crippen molar-refractivity contribution in [2.24, 2.45) is 5.41 Å². The topological polar surface area (TPSA) is 121 Å². The summed E-state index contributed by atoms with van der Waals surface area (Å²) < 4.78 is 5.38. The van der Waals surface area contributed by atoms with Crippen molar-refractivity contribution < 1.29 is 19.1 Å². The molecule has 30 heavy (non-hydrogen) atoms. The Morgan fingerprint density at radius 2 is 1.77 bits per heavy atom. The normalized spacial score (nSPS) is 24.8. The van der Waals surface area contributed by atoms with E-state index in [1.807, 2.05) is 27.7 Å². The molecule has 9 nitrogen and oxygen atoms in total. The molecule has 2 aliphatic carbocycles. The zero-order chi connectivity index (χ0) is 22.2. The average molecular weight is 418 g/mol. The van der Waals surface area contributed by atoms with Gasteiger partial charge in [0, 0.05) is 24.5 Å². The minimum Gasteiger partial charge on any atom is -0.444 e. The largest absolute Gasteiger partial charge is 0.444 e. The Balaban J connectivity index is 1.59. The van der Waals surface area contributed by atoms with Crippen LogP contribution in [0.5, 0.6) is 0 Å². The summed E-state index contributed by atoms with van der Waals surface area (Å²) in [6.07, 6.45) is 4.27. The highest BCUT2D eigenvalue weighted by Crippen LogP contribution is 2.56. The molecule has 0 aliphatic heterocycles. The molecule has 0 saturated heterocycles. The number of ether oxygens (including phenoxy) is 1. The number of carbonyl (C=O) groups is 3. The fourth-order valence-corrected chi connectivity index (χ4v) is 4.47. The van der Waals surface area contributed by atoms with Crippen LogP contribution in [0, 0.1) is 12.3 Å². The smallest absolute Gasteiger partial charge is 0.408 e. The van der Waals surface area contributed by atoms with E-state index >= 15 is 0 Å². The van der Waals surface area contributed by atoms with Crippen LogP contribution in [0.4, 0.5) is 10.5 Å². The van der Waals surface area contributed by atoms with E-state index in [2.05, 4.69) is 26.5 Å². The van der Waals surface area contributed by atoms with Crippen LogP contribution in [-0.4, -0.2) is 41.1 Å². The standard InChI is InChI=1S/C21H31N5O4/c1-13-10-15(22-5)14(11-23-13)16(27)25-26-17(28)20-6-8-21(12-20,9-7-20)24-18(29)30-19(2,3)4/h10-11H,6-9,12H2,1-5H3,(H,22,23)(H,24,29)(H,25,27)(H,26,28). The first-order chi connectivity index (χ1) is 14.0. The summed E-state index contributed by atoms with van der Waals surface area (Å²) in [6, 6.07) is 1.76. The van der Waals surface area contributed by atoms with Gasteiger partial charge < -0.3 is 15.4 Å². The second kappa shape index (κ2) is 7.77. The minimum absolute atomic E-state index is 0.229. The maximum atomic E-state index is 12.9. The number of alkyl carbamates (subject to hydrolysis) is 1. The predicted molar refractivity (Wildman–Crippen MR) is 112 cm³/mol. The molecular formula is C21H31N5O4. The van der Waals surface area contributed by atoms with Gasteiger partial charge in [-0.1, -0.05) is 0 Å². The fraction of sp³-hybridized carbons (Fsp3) is 0.619. The number of hydrogen-bond donors (Lipinski definition) is 4. The van der Waals surface area contributed by atoms with Gasteiger partial charge in [0.1, 0.15) is 5.60 Å². The number of rotatable bonds is 4. The first kappa shape index (κ1) is 21.9. The van der Waals surface area contributed by atoms with Crippen LogP contribution in [0.1, 0.15) is 68.9 Å². The van der Waals surface area contributed by atoms with Gasteiger partial charge in [0.2, 0.25) is 5.91 Å². The van der Waals surface area contributed by atoms with Crippen LogP contribution in [0.3, 0.4) is 0 Å². The van der Waals surface area contributed by atoms with E-state index in [0.29, 0.717) is 43.4 Å². The molecule has 2 saturated carbocycles. The maximum Gasteiger partial charge on any atom is 0.408 e. The number of pyridine rings is 1. The van der Waals surface area contributed by atoms with Gasteiger partial charge in [-0.05, 0) is 65.9 Å². The van der Waals surface area contributed by atoms with E-state index in [4.69, 9.17) is 4.74 Å². The molecule has 0 aromatic carbocycles. The van der Waals surface area contributed by atoms with Crippen molar-refractivity contribution in [3.05, 3.63) is 23.5 Å². The quantitative estimate of drug-likeness (QED) is 0.558. The Hall–Kier alpha value is -2.84. The third-order valence-corrected chi connectivity index (χ3v) is 5.93. The molecule has 1 heterocycles. The summed E-state index contributed by atoms with van der Waals surface area (Å²) in [4.78, 5) is 41.8. The van der Waals surface area contributed by atoms with Crippen LogP contribution < -0.4 is 21.5 Å². The Bertz CT molecular complexity index is 853. The average Bonchev–Trinajstić information content (AvgIpc) is 3.20. The number of aryl methyl sites for hydroxylation is 1. The first-order valence-corrected chi connectivity index (χ1v) is 10.2. The van der Waals surface area contributed by atoms with Gasteiger partial charge in [-0.3, -0.25) is 25.4 Å². The molecule has 0 atom stereocenters. The van der Waals surface area contributed by atoms with Gasteiger partial charge in [-0.2, -0.15) is 0 Å². The summed E-state index contributed by atoms with van der Waals surface area (Å²) in [5, 5.41) is 5.94. The highest BCUT2D eigenvalue weighted by Gasteiger charge is 2.59. The molecular weight excluding hydrogens is 386 g/mol. The van der Waals surface area contributed by atoms with E-state index in [9.17, 15) is 14.4 Å². The minimum atomic E-state index is -0.598. The first-order valence-electron chi connectivity index (χ1n) is 10.2. The lowest BCUT2D eigenvalue weighted by Crippen LogP contribution is -2.48. The van der Waals surface area contributed by atoms with Crippen molar-refractivity contribution in [1.82, 2.24) is 21.2 Å². The Morgan fingerprint density at radius 1 is 1.10 bits per heavy atom. The zero-order valence-electron chi connectivity index (χ0n) is 18.3. The number of fused-ring (bicyclic) bond motifs is 2. The number of carbonyl (C=O) groups excluding carboxylic acids is 3. The fourth-order valence-electron chi connectivity index (χ4n) is 4.47. The lowest BCUT2D eigenvalue weighted by molar-refractivity contribution is -0.131. The van der Waals surface area contributed by atoms with Gasteiger partial charge in [-0.25, -0.2) is 4.79 Å². The Labute approximate surface area is 176 Å². The number of hydrogen-bond acceptors (Lipinski definition) is 6. The zero-order valence-corrected chi connectivity index (χ0v) is 18.3. The van der Waals surface area contributed by atoms with Crippen molar-refractivity contribution in [2.45, 2.75) is 70.9 Å². The number of amides is 3. The SMILES string of the molecule is CNc1cc(C)ncc1C(=O)NNC(=O)C12CCC(NC(=O)OC(C)(C)C)(CC1)C2. The molecule has 1 aromatic rings. The van der Waals surface area contributed by atoms with Crippen molar-refractivity contribution in [3.8, 4) is 0 Å². The molecule has 3 rings (SSSR count). The molecule has 3 amide bonds. The van der Waals surface area contributed by atoms with Crippen LogP contribution in [-0.2, 0) is 9.53 Å². The molecule has 9 heteroatoms. The second-order valence-corrected chi connectivity index (χ2v) is 9.39. The van der Waals surface area contributed by atoms with E-state index in [1.165, 1.54) is 6.20 Å². The molecule has 1 aromatic heterocycles. The summed E-state index contributed by atoms with van der Waals surface area (Å²) >= 11 is 0. The lowest BCUT2D eigenvalue weighted by Gasteiger charge is -2.30. The van der Waals surface area contributed by atoms with Crippen LogP contribution in [0.15, 0.2) is 12.3 Å². The van der Waals surface area contributed by atoms with Gasteiger partial charge in [0.15, 0.2) is 0 Å². The van der Waals surface area contributed by atoms with Gasteiger partial charge in [0.25, 0.3) is 5.91 Å². The summed E-state index contributed by atoms with van der Waals surface area (Å²) in [7, 11) is 1.72. The summed E-state index contributed by atoms with van der Waals surface area (Å²) in [5.41, 5.74) is 5.24. The van der Waals surface area contributed by atoms with Crippen molar-refractivity contribution in [1.29, 1.82) is 0 Å². The van der Waals surface area contributed by atoms with Crippen molar-refractivity contribution in [3.63, 3.8) is 0 Å². The molecule has 0 radical (unpaired) electrons. The van der Waals surface area contributed by atoms with Crippen LogP contribution >= 0.6 is 0 Å². The number of anilines is 1. The third-order valence-electron chi connectivity index (χ3n) is 5.93. The molecule has 2 bridgehead atoms. The maximum absolute atomic E-state index is 12.9. The van der Waals surface area contributed by atoms with E-state index in [1.54, 1.807) is 13.1 Å². The number of hydrazine groups is 1. The molecule has 164 valence electrons. The molecule has 2 aliphatic rings. The number of aromatic nitrogens is 1. The van der Waals surface area contributed by atoms with Crippen molar-refractivity contribution in [2.75, 3.05) is 12.4 Å². The highest BCUT2D eigenvalue weighted by atomic mass is 16.6. The van der Waals surface area contributed by atoms with E-state index < -0.39 is 28.6 Å². The predicted octanol–water partition coefficient (Wildman–Crippen LogP) is 2.42. The van der Waals surface area contributed by atoms with Crippen LogP contribution in [0.25, 0.3) is 0 Å². The summed E-state index contributed by atoms with van der Waals surface area (Å²) in [6.45, 7) is 7.28. The Kier molecular flexibility index (Phi) is 5.66. The van der Waals surface area contributed by atoms with E-state index in [-0.39, 0.29) is 5.91 Å². The van der Waals surface area contributed by atoms with E-state index in [0.717, 1.165) is 5.69 Å². The molecule has 2 fully saturated rings. The van der Waals surface area contributed by atoms with Gasteiger partial charge >= 0.3 is 6.09 Å². The third kappa shape index (κ3) is 4.49. The number of nitrogens with zero attached hydrogens (tertiary/aromatic N) is 1. The number of nitrogens with one attached hydrogen (secondary N) is 4.